The van der Waals surface area contributed by atoms with Crippen LogP contribution in [0.15, 0.2) is 30.5 Å². The number of carbonyl (C=O) groups is 1. The summed E-state index contributed by atoms with van der Waals surface area (Å²) in [5.41, 5.74) is 7.86. The minimum Gasteiger partial charge on any atom is -0.367 e. The Morgan fingerprint density at radius 3 is 2.64 bits per heavy atom. The molecule has 0 saturated heterocycles. The second-order valence-electron chi connectivity index (χ2n) is 5.41. The smallest absolute Gasteiger partial charge is 0.254 e. The Balaban J connectivity index is 1.81. The van der Waals surface area contributed by atoms with E-state index < -0.39 is 5.91 Å². The number of nitrogens with one attached hydrogen (secondary N) is 2. The van der Waals surface area contributed by atoms with Gasteiger partial charge in [-0.05, 0) is 37.0 Å². The number of hydrogen-bond acceptors (Lipinski definition) is 5. The molecular weight excluding hydrogens is 278 g/mol. The normalized spacial score (nSPS) is 13.7. The fraction of sp³-hybridized carbons (Fsp3) is 0.312. The number of aromatic nitrogens is 2. The van der Waals surface area contributed by atoms with Crippen LogP contribution in [0.2, 0.25) is 0 Å². The molecule has 1 saturated carbocycles. The van der Waals surface area contributed by atoms with E-state index in [1.54, 1.807) is 0 Å². The SMILES string of the molecule is CCc1ccc(Nc2ncc(C(N)=O)c(NC3CC3)n2)cc1. The Hall–Kier alpha value is -2.63. The van der Waals surface area contributed by atoms with Crippen molar-refractivity contribution in [1.29, 1.82) is 0 Å². The molecule has 1 aliphatic rings. The van der Waals surface area contributed by atoms with Gasteiger partial charge in [-0.25, -0.2) is 4.98 Å². The Morgan fingerprint density at radius 2 is 2.05 bits per heavy atom. The average Bonchev–Trinajstić information content (AvgIpc) is 3.32. The highest BCUT2D eigenvalue weighted by atomic mass is 16.1. The van der Waals surface area contributed by atoms with Crippen molar-refractivity contribution < 1.29 is 4.79 Å². The third-order valence-electron chi connectivity index (χ3n) is 3.59. The number of amides is 1. The maximum Gasteiger partial charge on any atom is 0.254 e. The van der Waals surface area contributed by atoms with Gasteiger partial charge in [-0.1, -0.05) is 19.1 Å². The molecule has 4 N–H and O–H groups in total. The van der Waals surface area contributed by atoms with E-state index in [1.807, 2.05) is 12.1 Å². The van der Waals surface area contributed by atoms with Crippen LogP contribution in [0.4, 0.5) is 17.5 Å². The Bertz CT molecular complexity index is 679. The van der Waals surface area contributed by atoms with Crippen LogP contribution in [0, 0.1) is 0 Å². The standard InChI is InChI=1S/C16H19N5O/c1-2-10-3-5-12(6-4-10)20-16-18-9-13(14(17)22)15(21-16)19-11-7-8-11/h3-6,9,11H,2,7-8H2,1H3,(H2,17,22)(H2,18,19,20,21). The summed E-state index contributed by atoms with van der Waals surface area (Å²) in [6.07, 6.45) is 4.63. The zero-order chi connectivity index (χ0) is 15.5. The van der Waals surface area contributed by atoms with Gasteiger partial charge in [0.05, 0.1) is 5.56 Å². The lowest BCUT2D eigenvalue weighted by Crippen LogP contribution is -2.17. The van der Waals surface area contributed by atoms with Crippen molar-refractivity contribution in [2.75, 3.05) is 10.6 Å². The van der Waals surface area contributed by atoms with Crippen LogP contribution in [0.3, 0.4) is 0 Å². The number of carbonyl (C=O) groups excluding carboxylic acids is 1. The van der Waals surface area contributed by atoms with E-state index in [9.17, 15) is 4.79 Å². The highest BCUT2D eigenvalue weighted by Crippen LogP contribution is 2.26. The highest BCUT2D eigenvalue weighted by Gasteiger charge is 2.24. The summed E-state index contributed by atoms with van der Waals surface area (Å²) in [4.78, 5) is 20.0. The van der Waals surface area contributed by atoms with Crippen molar-refractivity contribution in [3.63, 3.8) is 0 Å². The van der Waals surface area contributed by atoms with Gasteiger partial charge in [0.25, 0.3) is 5.91 Å². The van der Waals surface area contributed by atoms with E-state index in [1.165, 1.54) is 11.8 Å². The predicted octanol–water partition coefficient (Wildman–Crippen LogP) is 2.46. The van der Waals surface area contributed by atoms with Crippen molar-refractivity contribution in [3.8, 4) is 0 Å². The van der Waals surface area contributed by atoms with Gasteiger partial charge in [0, 0.05) is 17.9 Å². The van der Waals surface area contributed by atoms with Gasteiger partial charge in [0.15, 0.2) is 0 Å². The van der Waals surface area contributed by atoms with Crippen LogP contribution in [0.1, 0.15) is 35.7 Å². The molecule has 6 heteroatoms. The van der Waals surface area contributed by atoms with Gasteiger partial charge < -0.3 is 16.4 Å². The number of nitrogens with zero attached hydrogens (tertiary/aromatic N) is 2. The average molecular weight is 297 g/mol. The number of rotatable bonds is 6. The maximum absolute atomic E-state index is 11.4. The summed E-state index contributed by atoms with van der Waals surface area (Å²) in [7, 11) is 0. The van der Waals surface area contributed by atoms with Crippen molar-refractivity contribution in [1.82, 2.24) is 9.97 Å². The minimum absolute atomic E-state index is 0.318. The monoisotopic (exact) mass is 297 g/mol. The predicted molar refractivity (Wildman–Crippen MR) is 86.3 cm³/mol. The molecular formula is C16H19N5O. The second-order valence-corrected chi connectivity index (χ2v) is 5.41. The number of anilines is 3. The minimum atomic E-state index is -0.526. The van der Waals surface area contributed by atoms with E-state index in [2.05, 4.69) is 39.7 Å². The van der Waals surface area contributed by atoms with Gasteiger partial charge in [-0.2, -0.15) is 4.98 Å². The summed E-state index contributed by atoms with van der Waals surface area (Å²) in [6, 6.07) is 8.47. The molecule has 3 rings (SSSR count). The van der Waals surface area contributed by atoms with E-state index in [0.717, 1.165) is 24.9 Å². The van der Waals surface area contributed by atoms with Crippen LogP contribution in [-0.4, -0.2) is 21.9 Å². The number of nitrogens with two attached hydrogens (primary N) is 1. The molecule has 22 heavy (non-hydrogen) atoms. The second kappa shape index (κ2) is 6.01. The highest BCUT2D eigenvalue weighted by molar-refractivity contribution is 5.97. The fourth-order valence-corrected chi connectivity index (χ4v) is 2.11. The Kier molecular flexibility index (Phi) is 3.91. The molecule has 0 bridgehead atoms. The van der Waals surface area contributed by atoms with Crippen molar-refractivity contribution in [2.24, 2.45) is 5.73 Å². The molecule has 1 amide bonds. The molecule has 1 heterocycles. The zero-order valence-electron chi connectivity index (χ0n) is 12.5. The summed E-state index contributed by atoms with van der Waals surface area (Å²) in [5.74, 6) is 0.414. The van der Waals surface area contributed by atoms with Gasteiger partial charge >= 0.3 is 0 Å². The van der Waals surface area contributed by atoms with Crippen LogP contribution < -0.4 is 16.4 Å². The molecule has 0 atom stereocenters. The van der Waals surface area contributed by atoms with Gasteiger partial charge in [-0.3, -0.25) is 4.79 Å². The topological polar surface area (TPSA) is 92.9 Å². The lowest BCUT2D eigenvalue weighted by atomic mass is 10.1. The van der Waals surface area contributed by atoms with Crippen molar-refractivity contribution in [2.45, 2.75) is 32.2 Å². The van der Waals surface area contributed by atoms with Crippen LogP contribution >= 0.6 is 0 Å². The Labute approximate surface area is 129 Å². The first-order valence-electron chi connectivity index (χ1n) is 7.45. The Morgan fingerprint density at radius 1 is 1.32 bits per heavy atom. The first kappa shape index (κ1) is 14.3. The molecule has 114 valence electrons. The van der Waals surface area contributed by atoms with E-state index in [0.29, 0.717) is 23.4 Å². The molecule has 0 aliphatic heterocycles. The van der Waals surface area contributed by atoms with Crippen LogP contribution in [0.25, 0.3) is 0 Å². The largest absolute Gasteiger partial charge is 0.367 e. The number of aryl methyl sites for hydroxylation is 1. The molecule has 1 aliphatic carbocycles. The van der Waals surface area contributed by atoms with Crippen LogP contribution in [-0.2, 0) is 6.42 Å². The first-order valence-corrected chi connectivity index (χ1v) is 7.45. The molecule has 0 radical (unpaired) electrons. The third kappa shape index (κ3) is 3.33. The molecule has 1 aromatic heterocycles. The lowest BCUT2D eigenvalue weighted by molar-refractivity contribution is 0.100. The lowest BCUT2D eigenvalue weighted by Gasteiger charge is -2.11. The molecule has 6 nitrogen and oxygen atoms in total. The van der Waals surface area contributed by atoms with Gasteiger partial charge in [0.1, 0.15) is 5.82 Å². The van der Waals surface area contributed by atoms with E-state index in [-0.39, 0.29) is 0 Å². The van der Waals surface area contributed by atoms with Crippen molar-refractivity contribution >= 4 is 23.4 Å². The number of primary amides is 1. The summed E-state index contributed by atoms with van der Waals surface area (Å²) in [6.45, 7) is 2.12. The fourth-order valence-electron chi connectivity index (χ4n) is 2.11. The zero-order valence-corrected chi connectivity index (χ0v) is 12.5. The summed E-state index contributed by atoms with van der Waals surface area (Å²) < 4.78 is 0. The number of benzene rings is 1. The van der Waals surface area contributed by atoms with Crippen molar-refractivity contribution in [3.05, 3.63) is 41.6 Å². The molecule has 1 fully saturated rings. The number of hydrogen-bond donors (Lipinski definition) is 3. The third-order valence-corrected chi connectivity index (χ3v) is 3.59. The molecule has 0 spiro atoms. The van der Waals surface area contributed by atoms with Crippen LogP contribution in [0.5, 0.6) is 0 Å². The first-order chi connectivity index (χ1) is 10.7. The summed E-state index contributed by atoms with van der Waals surface area (Å²) in [5, 5.41) is 6.36. The molecule has 2 aromatic rings. The summed E-state index contributed by atoms with van der Waals surface area (Å²) >= 11 is 0. The van der Waals surface area contributed by atoms with E-state index in [4.69, 9.17) is 5.73 Å². The molecule has 1 aromatic carbocycles. The van der Waals surface area contributed by atoms with Gasteiger partial charge in [-0.15, -0.1) is 0 Å². The maximum atomic E-state index is 11.4. The van der Waals surface area contributed by atoms with E-state index >= 15 is 0 Å². The van der Waals surface area contributed by atoms with Gasteiger partial charge in [0.2, 0.25) is 5.95 Å². The quantitative estimate of drug-likeness (QED) is 0.761. The molecule has 0 unspecified atom stereocenters.